The molecule has 1 rings (SSSR count). The average Bonchev–Trinajstić information content (AvgIpc) is 2.24. The quantitative estimate of drug-likeness (QED) is 0.921. The van der Waals surface area contributed by atoms with Crippen LogP contribution < -0.4 is 5.32 Å². The van der Waals surface area contributed by atoms with Crippen LogP contribution in [0.3, 0.4) is 0 Å². The van der Waals surface area contributed by atoms with Gasteiger partial charge in [-0.3, -0.25) is 4.79 Å². The smallest absolute Gasteiger partial charge is 0.257 e. The Bertz CT molecular complexity index is 405. The van der Waals surface area contributed by atoms with Crippen LogP contribution in [0.1, 0.15) is 17.3 Å². The molecule has 0 aliphatic rings. The minimum Gasteiger partial charge on any atom is -0.351 e. The second-order valence-corrected chi connectivity index (χ2v) is 5.69. The second-order valence-electron chi connectivity index (χ2n) is 3.50. The molecule has 0 bridgehead atoms. The summed E-state index contributed by atoms with van der Waals surface area (Å²) in [5.74, 6) is -2.47. The standard InChI is InChI=1S/C11H12BrF2NOS/c1-6(17-2)5-15-11(16)10-8(13)3-7(12)4-9(10)14/h3-4,6H,5H2,1-2H3,(H,15,16). The molecule has 0 spiro atoms. The molecular formula is C11H12BrF2NOS. The van der Waals surface area contributed by atoms with Crippen molar-refractivity contribution in [1.29, 1.82) is 0 Å². The molecule has 1 aromatic rings. The zero-order valence-electron chi connectivity index (χ0n) is 9.39. The molecule has 0 radical (unpaired) electrons. The van der Waals surface area contributed by atoms with Gasteiger partial charge >= 0.3 is 0 Å². The first-order chi connectivity index (χ1) is 7.95. The van der Waals surface area contributed by atoms with E-state index in [1.54, 1.807) is 11.8 Å². The first-order valence-electron chi connectivity index (χ1n) is 4.91. The highest BCUT2D eigenvalue weighted by Gasteiger charge is 2.18. The zero-order chi connectivity index (χ0) is 13.0. The molecule has 0 aromatic heterocycles. The Morgan fingerprint density at radius 3 is 2.47 bits per heavy atom. The van der Waals surface area contributed by atoms with E-state index in [1.807, 2.05) is 13.2 Å². The van der Waals surface area contributed by atoms with Gasteiger partial charge in [-0.2, -0.15) is 11.8 Å². The molecule has 94 valence electrons. The molecule has 17 heavy (non-hydrogen) atoms. The average molecular weight is 324 g/mol. The Morgan fingerprint density at radius 1 is 1.47 bits per heavy atom. The van der Waals surface area contributed by atoms with Gasteiger partial charge in [0.2, 0.25) is 0 Å². The molecule has 1 atom stereocenters. The highest BCUT2D eigenvalue weighted by atomic mass is 79.9. The van der Waals surface area contributed by atoms with Gasteiger partial charge in [-0.25, -0.2) is 8.78 Å². The summed E-state index contributed by atoms with van der Waals surface area (Å²) in [5.41, 5.74) is -0.540. The third-order valence-electron chi connectivity index (χ3n) is 2.19. The van der Waals surface area contributed by atoms with E-state index in [4.69, 9.17) is 0 Å². The van der Waals surface area contributed by atoms with Gasteiger partial charge in [0.1, 0.15) is 17.2 Å². The maximum Gasteiger partial charge on any atom is 0.257 e. The molecule has 0 saturated heterocycles. The van der Waals surface area contributed by atoms with E-state index in [0.717, 1.165) is 12.1 Å². The van der Waals surface area contributed by atoms with Gasteiger partial charge < -0.3 is 5.32 Å². The van der Waals surface area contributed by atoms with Crippen molar-refractivity contribution in [1.82, 2.24) is 5.32 Å². The van der Waals surface area contributed by atoms with Crippen molar-refractivity contribution in [2.45, 2.75) is 12.2 Å². The number of carbonyl (C=O) groups excluding carboxylic acids is 1. The fourth-order valence-corrected chi connectivity index (χ4v) is 1.82. The monoisotopic (exact) mass is 323 g/mol. The minimum absolute atomic E-state index is 0.195. The summed E-state index contributed by atoms with van der Waals surface area (Å²) in [5, 5.41) is 2.69. The molecule has 1 unspecified atom stereocenters. The van der Waals surface area contributed by atoms with Crippen molar-refractivity contribution >= 4 is 33.6 Å². The summed E-state index contributed by atoms with van der Waals surface area (Å²) in [6.45, 7) is 2.29. The van der Waals surface area contributed by atoms with Gasteiger partial charge in [-0.05, 0) is 18.4 Å². The fourth-order valence-electron chi connectivity index (χ4n) is 1.17. The molecule has 0 fully saturated rings. The lowest BCUT2D eigenvalue weighted by molar-refractivity contribution is 0.0945. The largest absolute Gasteiger partial charge is 0.351 e. The van der Waals surface area contributed by atoms with Gasteiger partial charge in [0, 0.05) is 16.3 Å². The lowest BCUT2D eigenvalue weighted by Crippen LogP contribution is -2.30. The van der Waals surface area contributed by atoms with Crippen LogP contribution in [0.5, 0.6) is 0 Å². The Morgan fingerprint density at radius 2 is 2.00 bits per heavy atom. The number of hydrogen-bond donors (Lipinski definition) is 1. The van der Waals surface area contributed by atoms with Crippen LogP contribution in [0.4, 0.5) is 8.78 Å². The predicted molar refractivity (Wildman–Crippen MR) is 69.4 cm³/mol. The van der Waals surface area contributed by atoms with Crippen LogP contribution in [-0.2, 0) is 0 Å². The topological polar surface area (TPSA) is 29.1 Å². The van der Waals surface area contributed by atoms with Gasteiger partial charge in [0.25, 0.3) is 5.91 Å². The fraction of sp³-hybridized carbons (Fsp3) is 0.364. The van der Waals surface area contributed by atoms with E-state index >= 15 is 0 Å². The molecule has 6 heteroatoms. The number of carbonyl (C=O) groups is 1. The Labute approximate surface area is 111 Å². The summed E-state index contributed by atoms with van der Waals surface area (Å²) in [4.78, 5) is 11.6. The summed E-state index contributed by atoms with van der Waals surface area (Å²) in [6, 6.07) is 2.13. The molecular weight excluding hydrogens is 312 g/mol. The van der Waals surface area contributed by atoms with E-state index < -0.39 is 23.1 Å². The summed E-state index contributed by atoms with van der Waals surface area (Å²) in [7, 11) is 0. The van der Waals surface area contributed by atoms with Crippen molar-refractivity contribution in [2.24, 2.45) is 0 Å². The molecule has 0 saturated carbocycles. The van der Waals surface area contributed by atoms with E-state index in [-0.39, 0.29) is 9.72 Å². The zero-order valence-corrected chi connectivity index (χ0v) is 11.8. The van der Waals surface area contributed by atoms with Gasteiger partial charge in [0.05, 0.1) is 0 Å². The summed E-state index contributed by atoms with van der Waals surface area (Å²) >= 11 is 4.52. The van der Waals surface area contributed by atoms with Gasteiger partial charge in [-0.15, -0.1) is 0 Å². The molecule has 0 aliphatic heterocycles. The minimum atomic E-state index is -0.869. The summed E-state index contributed by atoms with van der Waals surface area (Å²) < 4.78 is 27.1. The van der Waals surface area contributed by atoms with E-state index in [0.29, 0.717) is 6.54 Å². The number of benzene rings is 1. The summed E-state index contributed by atoms with van der Waals surface area (Å²) in [6.07, 6.45) is 1.90. The lowest BCUT2D eigenvalue weighted by Gasteiger charge is -2.11. The number of nitrogens with one attached hydrogen (secondary N) is 1. The van der Waals surface area contributed by atoms with Crippen LogP contribution in [0.25, 0.3) is 0 Å². The van der Waals surface area contributed by atoms with E-state index in [2.05, 4.69) is 21.2 Å². The van der Waals surface area contributed by atoms with Crippen molar-refractivity contribution < 1.29 is 13.6 Å². The predicted octanol–water partition coefficient (Wildman–Crippen LogP) is 3.21. The SMILES string of the molecule is CSC(C)CNC(=O)c1c(F)cc(Br)cc1F. The molecule has 0 aliphatic carbocycles. The maximum atomic E-state index is 13.4. The number of amides is 1. The molecule has 0 heterocycles. The van der Waals surface area contributed by atoms with Crippen molar-refractivity contribution in [3.05, 3.63) is 33.8 Å². The number of rotatable bonds is 4. The van der Waals surface area contributed by atoms with Gasteiger partial charge in [0.15, 0.2) is 0 Å². The first-order valence-corrected chi connectivity index (χ1v) is 6.99. The first kappa shape index (κ1) is 14.4. The third kappa shape index (κ3) is 3.96. The molecule has 1 N–H and O–H groups in total. The van der Waals surface area contributed by atoms with Crippen LogP contribution in [0.2, 0.25) is 0 Å². The highest BCUT2D eigenvalue weighted by molar-refractivity contribution is 9.10. The van der Waals surface area contributed by atoms with Crippen molar-refractivity contribution in [2.75, 3.05) is 12.8 Å². The number of hydrogen-bond acceptors (Lipinski definition) is 2. The van der Waals surface area contributed by atoms with E-state index in [1.165, 1.54) is 0 Å². The maximum absolute atomic E-state index is 13.4. The van der Waals surface area contributed by atoms with Gasteiger partial charge in [-0.1, -0.05) is 22.9 Å². The number of thioether (sulfide) groups is 1. The Hall–Kier alpha value is -0.620. The number of halogens is 3. The van der Waals surface area contributed by atoms with Crippen LogP contribution in [0, 0.1) is 11.6 Å². The molecule has 1 aromatic carbocycles. The van der Waals surface area contributed by atoms with Crippen LogP contribution >= 0.6 is 27.7 Å². The molecule has 1 amide bonds. The third-order valence-corrected chi connectivity index (χ3v) is 3.62. The van der Waals surface area contributed by atoms with Crippen molar-refractivity contribution in [3.63, 3.8) is 0 Å². The van der Waals surface area contributed by atoms with Crippen LogP contribution in [-0.4, -0.2) is 24.0 Å². The van der Waals surface area contributed by atoms with E-state index in [9.17, 15) is 13.6 Å². The van der Waals surface area contributed by atoms with Crippen molar-refractivity contribution in [3.8, 4) is 0 Å². The normalized spacial score (nSPS) is 12.3. The highest BCUT2D eigenvalue weighted by Crippen LogP contribution is 2.19. The molecule has 2 nitrogen and oxygen atoms in total. The lowest BCUT2D eigenvalue weighted by atomic mass is 10.2. The Kier molecular flexibility index (Phi) is 5.39. The van der Waals surface area contributed by atoms with Crippen LogP contribution in [0.15, 0.2) is 16.6 Å². The second kappa shape index (κ2) is 6.35. The Balaban J connectivity index is 2.82.